The summed E-state index contributed by atoms with van der Waals surface area (Å²) in [5.41, 5.74) is 1.52. The van der Waals surface area contributed by atoms with Crippen LogP contribution in [0, 0.1) is 0 Å². The number of aromatic hydroxyl groups is 1. The second kappa shape index (κ2) is 9.09. The molecule has 1 aliphatic carbocycles. The number of ketones is 2. The van der Waals surface area contributed by atoms with E-state index in [1.54, 1.807) is 26.2 Å². The van der Waals surface area contributed by atoms with Crippen LogP contribution < -0.4 is 10.6 Å². The standard InChI is InChI=1S/C23H27N3O4/c1-4-15(13-14-9-6-5-7-10-14)24-18-19(22(29)21(18)28)25-17-12-8-11-16(20(17)27)23(30)26(2)3/h5-12,15,18-19,24-25,27H,4,13H2,1-3H3/t15-,18?,19?/m1/s1. The lowest BCUT2D eigenvalue weighted by Crippen LogP contribution is -2.68. The number of phenols is 1. The minimum Gasteiger partial charge on any atom is -0.505 e. The summed E-state index contributed by atoms with van der Waals surface area (Å²) in [6.07, 6.45) is 1.53. The molecule has 2 aromatic rings. The fourth-order valence-corrected chi connectivity index (χ4v) is 3.55. The molecule has 3 atom stereocenters. The number of nitrogens with one attached hydrogen (secondary N) is 2. The summed E-state index contributed by atoms with van der Waals surface area (Å²) in [7, 11) is 3.18. The molecule has 1 saturated carbocycles. The van der Waals surface area contributed by atoms with Gasteiger partial charge in [-0.25, -0.2) is 0 Å². The highest BCUT2D eigenvalue weighted by Gasteiger charge is 2.50. The second-order valence-electron chi connectivity index (χ2n) is 7.69. The lowest BCUT2D eigenvalue weighted by Gasteiger charge is -2.37. The van der Waals surface area contributed by atoms with Crippen LogP contribution in [0.3, 0.4) is 0 Å². The molecule has 1 fully saturated rings. The van der Waals surface area contributed by atoms with Crippen LogP contribution in [0.2, 0.25) is 0 Å². The van der Waals surface area contributed by atoms with Crippen molar-refractivity contribution in [3.63, 3.8) is 0 Å². The summed E-state index contributed by atoms with van der Waals surface area (Å²) in [5.74, 6) is -1.60. The molecule has 0 saturated heterocycles. The molecule has 2 aromatic carbocycles. The third-order valence-corrected chi connectivity index (χ3v) is 5.36. The minimum atomic E-state index is -0.794. The Hall–Kier alpha value is -3.19. The molecule has 3 rings (SSSR count). The molecule has 0 radical (unpaired) electrons. The lowest BCUT2D eigenvalue weighted by atomic mass is 9.81. The Balaban J connectivity index is 1.74. The zero-order chi connectivity index (χ0) is 21.8. The highest BCUT2D eigenvalue weighted by molar-refractivity contribution is 6.49. The van der Waals surface area contributed by atoms with Gasteiger partial charge in [0.2, 0.25) is 11.6 Å². The Kier molecular flexibility index (Phi) is 6.52. The van der Waals surface area contributed by atoms with Gasteiger partial charge in [-0.15, -0.1) is 0 Å². The van der Waals surface area contributed by atoms with Crippen molar-refractivity contribution in [2.24, 2.45) is 0 Å². The van der Waals surface area contributed by atoms with Gasteiger partial charge in [-0.2, -0.15) is 0 Å². The molecular weight excluding hydrogens is 382 g/mol. The molecular formula is C23H27N3O4. The summed E-state index contributed by atoms with van der Waals surface area (Å²) in [4.78, 5) is 38.1. The largest absolute Gasteiger partial charge is 0.505 e. The van der Waals surface area contributed by atoms with Crippen LogP contribution in [0.5, 0.6) is 5.75 Å². The highest BCUT2D eigenvalue weighted by Crippen LogP contribution is 2.31. The van der Waals surface area contributed by atoms with Crippen LogP contribution >= 0.6 is 0 Å². The topological polar surface area (TPSA) is 98.7 Å². The molecule has 1 aliphatic rings. The number of para-hydroxylation sites is 1. The van der Waals surface area contributed by atoms with Gasteiger partial charge in [-0.3, -0.25) is 14.4 Å². The zero-order valence-corrected chi connectivity index (χ0v) is 17.4. The van der Waals surface area contributed by atoms with Crippen molar-refractivity contribution in [1.29, 1.82) is 0 Å². The predicted octanol–water partition coefficient (Wildman–Crippen LogP) is 2.01. The molecule has 0 heterocycles. The first kappa shape index (κ1) is 21.5. The molecule has 0 bridgehead atoms. The fourth-order valence-electron chi connectivity index (χ4n) is 3.55. The first-order valence-corrected chi connectivity index (χ1v) is 10.0. The molecule has 7 nitrogen and oxygen atoms in total. The molecule has 2 unspecified atom stereocenters. The summed E-state index contributed by atoms with van der Waals surface area (Å²) in [6, 6.07) is 13.2. The summed E-state index contributed by atoms with van der Waals surface area (Å²) >= 11 is 0. The number of rotatable bonds is 8. The van der Waals surface area contributed by atoms with Gasteiger partial charge in [0.25, 0.3) is 5.91 Å². The number of carbonyl (C=O) groups excluding carboxylic acids is 3. The van der Waals surface area contributed by atoms with Crippen LogP contribution in [0.1, 0.15) is 29.3 Å². The predicted molar refractivity (Wildman–Crippen MR) is 115 cm³/mol. The lowest BCUT2D eigenvalue weighted by molar-refractivity contribution is -0.145. The number of hydrogen-bond donors (Lipinski definition) is 3. The Bertz CT molecular complexity index is 943. The number of amides is 1. The van der Waals surface area contributed by atoms with Crippen molar-refractivity contribution in [3.05, 3.63) is 59.7 Å². The van der Waals surface area contributed by atoms with E-state index in [9.17, 15) is 19.5 Å². The first-order chi connectivity index (χ1) is 14.3. The van der Waals surface area contributed by atoms with Gasteiger partial charge in [0.15, 0.2) is 5.75 Å². The van der Waals surface area contributed by atoms with Gasteiger partial charge in [-0.05, 0) is 30.5 Å². The van der Waals surface area contributed by atoms with Crippen molar-refractivity contribution in [3.8, 4) is 5.75 Å². The van der Waals surface area contributed by atoms with Crippen molar-refractivity contribution in [2.45, 2.75) is 37.9 Å². The third kappa shape index (κ3) is 4.36. The van der Waals surface area contributed by atoms with Gasteiger partial charge < -0.3 is 20.6 Å². The molecule has 30 heavy (non-hydrogen) atoms. The van der Waals surface area contributed by atoms with Crippen molar-refractivity contribution in [2.75, 3.05) is 19.4 Å². The summed E-state index contributed by atoms with van der Waals surface area (Å²) in [5, 5.41) is 16.7. The number of phenolic OH excluding ortho intramolecular Hbond substituents is 1. The van der Waals surface area contributed by atoms with E-state index in [1.807, 2.05) is 37.3 Å². The molecule has 3 N–H and O–H groups in total. The average Bonchev–Trinajstić information content (AvgIpc) is 2.76. The molecule has 158 valence electrons. The normalized spacial score (nSPS) is 19.2. The van der Waals surface area contributed by atoms with Crippen LogP contribution in [0.15, 0.2) is 48.5 Å². The maximum absolute atomic E-state index is 12.2. The van der Waals surface area contributed by atoms with E-state index in [-0.39, 0.29) is 28.9 Å². The Morgan fingerprint density at radius 1 is 1.03 bits per heavy atom. The number of nitrogens with zero attached hydrogens (tertiary/aromatic N) is 1. The smallest absolute Gasteiger partial charge is 0.257 e. The molecule has 7 heteroatoms. The van der Waals surface area contributed by atoms with E-state index in [1.165, 1.54) is 11.0 Å². The second-order valence-corrected chi connectivity index (χ2v) is 7.69. The van der Waals surface area contributed by atoms with Crippen molar-refractivity contribution >= 4 is 23.2 Å². The average molecular weight is 409 g/mol. The number of hydrogen-bond acceptors (Lipinski definition) is 6. The quantitative estimate of drug-likeness (QED) is 0.456. The summed E-state index contributed by atoms with van der Waals surface area (Å²) < 4.78 is 0. The van der Waals surface area contributed by atoms with Crippen molar-refractivity contribution in [1.82, 2.24) is 10.2 Å². The molecule has 0 aromatic heterocycles. The van der Waals surface area contributed by atoms with Crippen LogP contribution in [0.4, 0.5) is 5.69 Å². The highest BCUT2D eigenvalue weighted by atomic mass is 16.3. The van der Waals surface area contributed by atoms with Gasteiger partial charge in [0, 0.05) is 20.1 Å². The van der Waals surface area contributed by atoms with Crippen molar-refractivity contribution < 1.29 is 19.5 Å². The maximum Gasteiger partial charge on any atom is 0.257 e. The van der Waals surface area contributed by atoms with Crippen LogP contribution in [0.25, 0.3) is 0 Å². The van der Waals surface area contributed by atoms with E-state index >= 15 is 0 Å². The summed E-state index contributed by atoms with van der Waals surface area (Å²) in [6.45, 7) is 2.02. The minimum absolute atomic E-state index is 0.0222. The fraction of sp³-hybridized carbons (Fsp3) is 0.348. The SMILES string of the molecule is CC[C@H](Cc1ccccc1)NC1C(=O)C(=O)C1Nc1cccc(C(=O)N(C)C)c1O. The van der Waals surface area contributed by atoms with E-state index in [4.69, 9.17) is 0 Å². The van der Waals surface area contributed by atoms with Crippen LogP contribution in [-0.4, -0.2) is 59.7 Å². The van der Waals surface area contributed by atoms with Gasteiger partial charge in [-0.1, -0.05) is 43.3 Å². The Morgan fingerprint density at radius 2 is 1.70 bits per heavy atom. The third-order valence-electron chi connectivity index (χ3n) is 5.36. The number of anilines is 1. The Labute approximate surface area is 176 Å². The van der Waals surface area contributed by atoms with Gasteiger partial charge >= 0.3 is 0 Å². The Morgan fingerprint density at radius 3 is 2.33 bits per heavy atom. The van der Waals surface area contributed by atoms with E-state index < -0.39 is 23.7 Å². The van der Waals surface area contributed by atoms with E-state index in [2.05, 4.69) is 10.6 Å². The number of benzene rings is 2. The number of Topliss-reactive ketones (excluding diaryl/α,β-unsaturated/α-hetero) is 2. The van der Waals surface area contributed by atoms with Gasteiger partial charge in [0.1, 0.15) is 12.1 Å². The van der Waals surface area contributed by atoms with E-state index in [0.29, 0.717) is 0 Å². The van der Waals surface area contributed by atoms with E-state index in [0.717, 1.165) is 18.4 Å². The zero-order valence-electron chi connectivity index (χ0n) is 17.4. The number of carbonyl (C=O) groups is 3. The molecule has 0 spiro atoms. The monoisotopic (exact) mass is 409 g/mol. The molecule has 1 amide bonds. The first-order valence-electron chi connectivity index (χ1n) is 10.0. The van der Waals surface area contributed by atoms with Gasteiger partial charge in [0.05, 0.1) is 11.3 Å². The maximum atomic E-state index is 12.2. The van der Waals surface area contributed by atoms with Crippen LogP contribution in [-0.2, 0) is 16.0 Å². The molecule has 0 aliphatic heterocycles.